The molecule has 1 N–H and O–H groups in total. The Labute approximate surface area is 101 Å². The Bertz CT molecular complexity index is 399. The fraction of sp³-hybridized carbons (Fsp3) is 0.538. The van der Waals surface area contributed by atoms with Gasteiger partial charge in [-0.15, -0.1) is 11.8 Å². The topological polar surface area (TPSA) is 21.3 Å². The SMILES string of the molecule is COc1ccc2c(c1)SC1(CCNCC1)C2. The minimum atomic E-state index is 0.472. The fourth-order valence-corrected chi connectivity index (χ4v) is 4.23. The Morgan fingerprint density at radius 2 is 2.12 bits per heavy atom. The highest BCUT2D eigenvalue weighted by atomic mass is 32.2. The molecule has 1 saturated heterocycles. The lowest BCUT2D eigenvalue weighted by Gasteiger charge is -2.32. The lowest BCUT2D eigenvalue weighted by molar-refractivity contribution is 0.412. The first kappa shape index (κ1) is 10.5. The predicted molar refractivity (Wildman–Crippen MR) is 67.4 cm³/mol. The van der Waals surface area contributed by atoms with Crippen molar-refractivity contribution < 1.29 is 4.74 Å². The summed E-state index contributed by atoms with van der Waals surface area (Å²) in [5.41, 5.74) is 1.51. The van der Waals surface area contributed by atoms with Gasteiger partial charge in [-0.25, -0.2) is 0 Å². The molecule has 86 valence electrons. The van der Waals surface area contributed by atoms with E-state index >= 15 is 0 Å². The Balaban J connectivity index is 1.87. The first-order chi connectivity index (χ1) is 7.81. The molecular weight excluding hydrogens is 218 g/mol. The highest BCUT2D eigenvalue weighted by Gasteiger charge is 2.39. The molecule has 0 aliphatic carbocycles. The molecule has 0 atom stereocenters. The van der Waals surface area contributed by atoms with Crippen LogP contribution in [0.25, 0.3) is 0 Å². The Morgan fingerprint density at radius 3 is 2.88 bits per heavy atom. The molecule has 1 spiro atoms. The van der Waals surface area contributed by atoms with Crippen LogP contribution in [0.4, 0.5) is 0 Å². The van der Waals surface area contributed by atoms with Crippen molar-refractivity contribution in [2.45, 2.75) is 28.9 Å². The van der Waals surface area contributed by atoms with Crippen molar-refractivity contribution in [2.75, 3.05) is 20.2 Å². The van der Waals surface area contributed by atoms with Gasteiger partial charge in [-0.2, -0.15) is 0 Å². The summed E-state index contributed by atoms with van der Waals surface area (Å²) in [4.78, 5) is 1.43. The lowest BCUT2D eigenvalue weighted by Crippen LogP contribution is -2.39. The van der Waals surface area contributed by atoms with Gasteiger partial charge in [-0.05, 0) is 50.0 Å². The van der Waals surface area contributed by atoms with Gasteiger partial charge in [0, 0.05) is 9.64 Å². The summed E-state index contributed by atoms with van der Waals surface area (Å²) in [6.07, 6.45) is 3.81. The first-order valence-electron chi connectivity index (χ1n) is 5.88. The average molecular weight is 235 g/mol. The van der Waals surface area contributed by atoms with Crippen LogP contribution in [-0.2, 0) is 6.42 Å². The summed E-state index contributed by atoms with van der Waals surface area (Å²) in [6, 6.07) is 6.51. The number of methoxy groups -OCH3 is 1. The van der Waals surface area contributed by atoms with E-state index in [2.05, 4.69) is 35.3 Å². The number of rotatable bonds is 1. The number of ether oxygens (including phenoxy) is 1. The maximum Gasteiger partial charge on any atom is 0.119 e. The predicted octanol–water partition coefficient (Wildman–Crippen LogP) is 2.47. The quantitative estimate of drug-likeness (QED) is 0.808. The summed E-state index contributed by atoms with van der Waals surface area (Å²) < 4.78 is 5.76. The van der Waals surface area contributed by atoms with Crippen molar-refractivity contribution in [1.82, 2.24) is 5.32 Å². The molecule has 2 nitrogen and oxygen atoms in total. The van der Waals surface area contributed by atoms with Gasteiger partial charge < -0.3 is 10.1 Å². The molecule has 0 unspecified atom stereocenters. The number of benzene rings is 1. The maximum atomic E-state index is 5.29. The monoisotopic (exact) mass is 235 g/mol. The largest absolute Gasteiger partial charge is 0.497 e. The maximum absolute atomic E-state index is 5.29. The number of hydrogen-bond acceptors (Lipinski definition) is 3. The lowest BCUT2D eigenvalue weighted by atomic mass is 9.90. The molecule has 1 fully saturated rings. The van der Waals surface area contributed by atoms with Gasteiger partial charge in [0.2, 0.25) is 0 Å². The first-order valence-corrected chi connectivity index (χ1v) is 6.70. The standard InChI is InChI=1S/C13H17NOS/c1-15-11-3-2-10-9-13(16-12(10)8-11)4-6-14-7-5-13/h2-3,8,14H,4-7,9H2,1H3. The van der Waals surface area contributed by atoms with Crippen LogP contribution in [0, 0.1) is 0 Å². The summed E-state index contributed by atoms with van der Waals surface area (Å²) in [7, 11) is 1.74. The smallest absolute Gasteiger partial charge is 0.119 e. The molecule has 1 aromatic rings. The van der Waals surface area contributed by atoms with Crippen LogP contribution in [0.2, 0.25) is 0 Å². The van der Waals surface area contributed by atoms with Crippen LogP contribution in [0.15, 0.2) is 23.1 Å². The normalized spacial score (nSPS) is 22.1. The van der Waals surface area contributed by atoms with E-state index in [0.29, 0.717) is 4.75 Å². The second-order valence-corrected chi connectivity index (χ2v) is 6.20. The summed E-state index contributed by atoms with van der Waals surface area (Å²) in [5.74, 6) is 0.984. The summed E-state index contributed by atoms with van der Waals surface area (Å²) in [6.45, 7) is 2.33. The molecule has 2 aliphatic heterocycles. The van der Waals surface area contributed by atoms with E-state index in [1.165, 1.54) is 29.7 Å². The van der Waals surface area contributed by atoms with Crippen LogP contribution in [-0.4, -0.2) is 24.9 Å². The van der Waals surface area contributed by atoms with Crippen LogP contribution < -0.4 is 10.1 Å². The van der Waals surface area contributed by atoms with Crippen LogP contribution in [0.3, 0.4) is 0 Å². The van der Waals surface area contributed by atoms with Crippen molar-refractivity contribution in [3.05, 3.63) is 23.8 Å². The number of piperidine rings is 1. The molecule has 0 saturated carbocycles. The van der Waals surface area contributed by atoms with Crippen LogP contribution in [0.5, 0.6) is 5.75 Å². The minimum Gasteiger partial charge on any atom is -0.497 e. The third kappa shape index (κ3) is 1.72. The van der Waals surface area contributed by atoms with E-state index in [9.17, 15) is 0 Å². The molecular formula is C13H17NOS. The number of hydrogen-bond donors (Lipinski definition) is 1. The minimum absolute atomic E-state index is 0.472. The van der Waals surface area contributed by atoms with E-state index in [1.807, 2.05) is 0 Å². The van der Waals surface area contributed by atoms with Crippen molar-refractivity contribution in [3.63, 3.8) is 0 Å². The van der Waals surface area contributed by atoms with Crippen molar-refractivity contribution >= 4 is 11.8 Å². The second-order valence-electron chi connectivity index (χ2n) is 4.69. The van der Waals surface area contributed by atoms with E-state index in [-0.39, 0.29) is 0 Å². The Hall–Kier alpha value is -0.670. The molecule has 0 radical (unpaired) electrons. The average Bonchev–Trinajstić information content (AvgIpc) is 2.66. The molecule has 1 aromatic carbocycles. The molecule has 3 rings (SSSR count). The summed E-state index contributed by atoms with van der Waals surface area (Å²) in [5, 5.41) is 3.45. The highest BCUT2D eigenvalue weighted by Crippen LogP contribution is 2.50. The van der Waals surface area contributed by atoms with Crippen LogP contribution in [0.1, 0.15) is 18.4 Å². The van der Waals surface area contributed by atoms with Gasteiger partial charge in [0.25, 0.3) is 0 Å². The van der Waals surface area contributed by atoms with Gasteiger partial charge >= 0.3 is 0 Å². The third-order valence-electron chi connectivity index (χ3n) is 3.63. The number of thioether (sulfide) groups is 1. The van der Waals surface area contributed by atoms with Crippen molar-refractivity contribution in [2.24, 2.45) is 0 Å². The van der Waals surface area contributed by atoms with E-state index in [1.54, 1.807) is 7.11 Å². The van der Waals surface area contributed by atoms with Crippen LogP contribution >= 0.6 is 11.8 Å². The fourth-order valence-electron chi connectivity index (χ4n) is 2.68. The second kappa shape index (κ2) is 3.97. The third-order valence-corrected chi connectivity index (χ3v) is 5.21. The Kier molecular flexibility index (Phi) is 2.60. The van der Waals surface area contributed by atoms with Gasteiger partial charge in [0.15, 0.2) is 0 Å². The molecule has 0 amide bonds. The van der Waals surface area contributed by atoms with Gasteiger partial charge in [-0.3, -0.25) is 0 Å². The van der Waals surface area contributed by atoms with Gasteiger partial charge in [0.05, 0.1) is 7.11 Å². The van der Waals surface area contributed by atoms with Gasteiger partial charge in [-0.1, -0.05) is 6.07 Å². The van der Waals surface area contributed by atoms with Gasteiger partial charge in [0.1, 0.15) is 5.75 Å². The Morgan fingerprint density at radius 1 is 1.31 bits per heavy atom. The molecule has 2 heterocycles. The molecule has 3 heteroatoms. The van der Waals surface area contributed by atoms with Crippen molar-refractivity contribution in [3.8, 4) is 5.75 Å². The molecule has 16 heavy (non-hydrogen) atoms. The van der Waals surface area contributed by atoms with E-state index < -0.39 is 0 Å². The zero-order chi connectivity index (χ0) is 11.0. The number of nitrogens with one attached hydrogen (secondary N) is 1. The molecule has 2 aliphatic rings. The van der Waals surface area contributed by atoms with E-state index in [4.69, 9.17) is 4.74 Å². The molecule has 0 bridgehead atoms. The van der Waals surface area contributed by atoms with E-state index in [0.717, 1.165) is 18.8 Å². The van der Waals surface area contributed by atoms with Crippen molar-refractivity contribution in [1.29, 1.82) is 0 Å². The highest BCUT2D eigenvalue weighted by molar-refractivity contribution is 8.01. The molecule has 0 aromatic heterocycles. The summed E-state index contributed by atoms with van der Waals surface area (Å²) >= 11 is 2.07. The zero-order valence-electron chi connectivity index (χ0n) is 9.58. The number of fused-ring (bicyclic) bond motifs is 1. The zero-order valence-corrected chi connectivity index (χ0v) is 10.4.